The summed E-state index contributed by atoms with van der Waals surface area (Å²) in [6.07, 6.45) is 8.03. The lowest BCUT2D eigenvalue weighted by atomic mass is 10.1. The molecule has 29 heavy (non-hydrogen) atoms. The number of aromatic nitrogens is 7. The van der Waals surface area contributed by atoms with Crippen molar-refractivity contribution in [2.45, 2.75) is 13.1 Å². The van der Waals surface area contributed by atoms with Gasteiger partial charge in [-0.05, 0) is 23.6 Å². The maximum Gasteiger partial charge on any atom is 0.335 e. The van der Waals surface area contributed by atoms with Crippen molar-refractivity contribution in [2.24, 2.45) is 0 Å². The number of rotatable bonds is 4. The van der Waals surface area contributed by atoms with Gasteiger partial charge in [0.1, 0.15) is 24.9 Å². The highest BCUT2D eigenvalue weighted by Gasteiger charge is 2.08. The zero-order valence-electron chi connectivity index (χ0n) is 15.1. The van der Waals surface area contributed by atoms with Crippen LogP contribution in [0.3, 0.4) is 0 Å². The number of fused-ring (bicyclic) bond motifs is 1. The summed E-state index contributed by atoms with van der Waals surface area (Å²) in [6.45, 7) is 0.770. The number of aromatic amines is 2. The second kappa shape index (κ2) is 7.69. The van der Waals surface area contributed by atoms with Gasteiger partial charge in [-0.3, -0.25) is 4.68 Å². The van der Waals surface area contributed by atoms with Crippen LogP contribution >= 0.6 is 0 Å². The van der Waals surface area contributed by atoms with Crippen LogP contribution in [0.1, 0.15) is 21.6 Å². The largest absolute Gasteiger partial charge is 0.478 e. The fourth-order valence-electron chi connectivity index (χ4n) is 2.74. The Bertz CT molecular complexity index is 1190. The van der Waals surface area contributed by atoms with Crippen molar-refractivity contribution in [1.29, 1.82) is 0 Å². The van der Waals surface area contributed by atoms with Crippen LogP contribution < -0.4 is 0 Å². The molecule has 10 nitrogen and oxygen atoms in total. The van der Waals surface area contributed by atoms with Gasteiger partial charge < -0.3 is 20.3 Å². The van der Waals surface area contributed by atoms with Crippen molar-refractivity contribution in [3.63, 3.8) is 0 Å². The monoisotopic (exact) mass is 391 g/mol. The molecule has 10 heteroatoms. The molecule has 4 rings (SSSR count). The summed E-state index contributed by atoms with van der Waals surface area (Å²) in [4.78, 5) is 22.1. The van der Waals surface area contributed by atoms with E-state index in [0.717, 1.165) is 16.1 Å². The highest BCUT2D eigenvalue weighted by molar-refractivity contribution is 5.87. The molecule has 0 atom stereocenters. The molecule has 2 aliphatic heterocycles. The van der Waals surface area contributed by atoms with E-state index in [1.165, 1.54) is 24.7 Å². The third-order valence-corrected chi connectivity index (χ3v) is 4.19. The van der Waals surface area contributed by atoms with Gasteiger partial charge in [0.15, 0.2) is 0 Å². The lowest BCUT2D eigenvalue weighted by molar-refractivity contribution is 0.0696. The van der Waals surface area contributed by atoms with Crippen molar-refractivity contribution in [2.75, 3.05) is 0 Å². The number of carbonyl (C=O) groups is 1. The van der Waals surface area contributed by atoms with Gasteiger partial charge in [0.2, 0.25) is 0 Å². The summed E-state index contributed by atoms with van der Waals surface area (Å²) >= 11 is 0. The Labute approximate surface area is 164 Å². The first-order valence-electron chi connectivity index (χ1n) is 8.64. The van der Waals surface area contributed by atoms with E-state index in [9.17, 15) is 10.0 Å². The van der Waals surface area contributed by atoms with Crippen LogP contribution in [-0.4, -0.2) is 50.5 Å². The molecule has 3 heterocycles. The van der Waals surface area contributed by atoms with Gasteiger partial charge in [-0.25, -0.2) is 14.5 Å². The minimum absolute atomic E-state index is 0.214. The Kier molecular flexibility index (Phi) is 4.77. The summed E-state index contributed by atoms with van der Waals surface area (Å²) in [5, 5.41) is 23.2. The van der Waals surface area contributed by atoms with Crippen LogP contribution in [0.4, 0.5) is 0 Å². The Hall–Kier alpha value is -4.39. The number of carboxylic acid groups (broad SMARTS) is 1. The van der Waals surface area contributed by atoms with E-state index in [1.54, 1.807) is 40.2 Å². The number of benzene rings is 1. The van der Waals surface area contributed by atoms with Crippen molar-refractivity contribution in [3.05, 3.63) is 72.3 Å². The molecule has 2 aromatic rings. The van der Waals surface area contributed by atoms with E-state index >= 15 is 0 Å². The molecule has 4 N–H and O–H groups in total. The predicted molar refractivity (Wildman–Crippen MR) is 102 cm³/mol. The average molecular weight is 391 g/mol. The van der Waals surface area contributed by atoms with Crippen molar-refractivity contribution < 1.29 is 15.1 Å². The smallest absolute Gasteiger partial charge is 0.335 e. The highest BCUT2D eigenvalue weighted by Crippen LogP contribution is 2.16. The van der Waals surface area contributed by atoms with Gasteiger partial charge in [0.05, 0.1) is 35.9 Å². The molecule has 0 saturated heterocycles. The fourth-order valence-corrected chi connectivity index (χ4v) is 2.74. The Morgan fingerprint density at radius 3 is 2.72 bits per heavy atom. The molecule has 0 radical (unpaired) electrons. The molecule has 1 aromatic heterocycles. The number of aromatic carboxylic acids is 1. The minimum Gasteiger partial charge on any atom is -0.478 e. The maximum absolute atomic E-state index is 11.0. The molecule has 0 saturated carbocycles. The fraction of sp³-hybridized carbons (Fsp3) is 0.105. The molecule has 0 fully saturated rings. The van der Waals surface area contributed by atoms with E-state index in [1.807, 2.05) is 0 Å². The van der Waals surface area contributed by atoms with E-state index < -0.39 is 5.97 Å². The molecule has 0 spiro atoms. The quantitative estimate of drug-likeness (QED) is 0.311. The van der Waals surface area contributed by atoms with E-state index in [2.05, 4.69) is 31.9 Å². The van der Waals surface area contributed by atoms with Gasteiger partial charge in [0, 0.05) is 6.20 Å². The molecule has 0 amide bonds. The summed E-state index contributed by atoms with van der Waals surface area (Å²) in [5.74, 6) is 5.04. The van der Waals surface area contributed by atoms with Gasteiger partial charge in [0.25, 0.3) is 0 Å². The number of hydrogen-bond donors (Lipinski definition) is 4. The van der Waals surface area contributed by atoms with E-state index in [4.69, 9.17) is 5.11 Å². The molecule has 0 bridgehead atoms. The Morgan fingerprint density at radius 1 is 1.17 bits per heavy atom. The normalized spacial score (nSPS) is 10.5. The number of nitrogens with one attached hydrogen (secondary N) is 2. The van der Waals surface area contributed by atoms with Crippen molar-refractivity contribution in [3.8, 4) is 23.2 Å². The zero-order valence-corrected chi connectivity index (χ0v) is 15.1. The van der Waals surface area contributed by atoms with Crippen LogP contribution in [0.25, 0.3) is 11.4 Å². The molecule has 0 aliphatic carbocycles. The Morgan fingerprint density at radius 2 is 2.00 bits per heavy atom. The van der Waals surface area contributed by atoms with Crippen LogP contribution in [0.15, 0.2) is 55.5 Å². The second-order valence-corrected chi connectivity index (χ2v) is 6.23. The van der Waals surface area contributed by atoms with Crippen LogP contribution in [0, 0.1) is 11.8 Å². The minimum atomic E-state index is -0.977. The van der Waals surface area contributed by atoms with Crippen molar-refractivity contribution in [1.82, 2.24) is 34.3 Å². The number of nitrogens with zero attached hydrogens (tertiary/aromatic N) is 5. The van der Waals surface area contributed by atoms with Crippen LogP contribution in [-0.2, 0) is 13.1 Å². The lowest BCUT2D eigenvalue weighted by Crippen LogP contribution is -2.16. The summed E-state index contributed by atoms with van der Waals surface area (Å²) in [6, 6.07) is 6.48. The number of carboxylic acids is 1. The van der Waals surface area contributed by atoms with Crippen molar-refractivity contribution >= 4 is 5.97 Å². The summed E-state index contributed by atoms with van der Waals surface area (Å²) in [7, 11) is 0. The number of H-pyrrole nitrogens is 2. The van der Waals surface area contributed by atoms with E-state index in [0.29, 0.717) is 24.5 Å². The van der Waals surface area contributed by atoms with E-state index in [-0.39, 0.29) is 5.56 Å². The SMILES string of the molecule is O=C(O)c1ccc(Cn2cc3[nH]c(C#CCn4cncn4)c[nH]c-3cn2O)cc1. The Balaban J connectivity index is 1.58. The molecule has 146 valence electrons. The summed E-state index contributed by atoms with van der Waals surface area (Å²) in [5.41, 5.74) is 3.16. The van der Waals surface area contributed by atoms with Gasteiger partial charge in [-0.1, -0.05) is 18.1 Å². The zero-order chi connectivity index (χ0) is 20.2. The van der Waals surface area contributed by atoms with Crippen LogP contribution in [0.2, 0.25) is 0 Å². The molecule has 1 aromatic carbocycles. The molecular formula is C19H17N7O3. The van der Waals surface area contributed by atoms with Gasteiger partial charge in [-0.15, -0.1) is 4.85 Å². The molecule has 2 aliphatic rings. The summed E-state index contributed by atoms with van der Waals surface area (Å²) < 4.78 is 3.20. The van der Waals surface area contributed by atoms with Gasteiger partial charge >= 0.3 is 5.97 Å². The number of hydrogen-bond acceptors (Lipinski definition) is 4. The highest BCUT2D eigenvalue weighted by atomic mass is 16.5. The third-order valence-electron chi connectivity index (χ3n) is 4.19. The molecule has 0 unspecified atom stereocenters. The lowest BCUT2D eigenvalue weighted by Gasteiger charge is -2.16. The topological polar surface area (TPSA) is 130 Å². The molecular weight excluding hydrogens is 374 g/mol. The predicted octanol–water partition coefficient (Wildman–Crippen LogP) is 1.80. The first-order valence-corrected chi connectivity index (χ1v) is 8.64. The van der Waals surface area contributed by atoms with Crippen LogP contribution in [0.5, 0.6) is 0 Å². The maximum atomic E-state index is 11.0. The van der Waals surface area contributed by atoms with Gasteiger partial charge in [-0.2, -0.15) is 5.10 Å². The standard InChI is InChI=1S/C19H17N7O3/c27-19(28)15-5-3-14(4-6-15)9-25-10-18-17(11-26(25)29)21-8-16(23-18)2-1-7-24-13-20-12-22-24/h3-6,8,10-13,21,23,29H,7,9H2,(H,27,28). The first-order chi connectivity index (χ1) is 14.1. The third kappa shape index (κ3) is 4.14. The first kappa shape index (κ1) is 18.0. The average Bonchev–Trinajstić information content (AvgIpc) is 3.23. The second-order valence-electron chi connectivity index (χ2n) is 6.23.